The monoisotopic (exact) mass is 470 g/mol. The number of hydrogen-bond acceptors (Lipinski definition) is 4. The second-order valence-corrected chi connectivity index (χ2v) is 10.6. The maximum Gasteiger partial charge on any atom is 0.272 e. The predicted molar refractivity (Wildman–Crippen MR) is 127 cm³/mol. The third-order valence-electron chi connectivity index (χ3n) is 6.28. The van der Waals surface area contributed by atoms with Crippen LogP contribution >= 0.6 is 0 Å². The van der Waals surface area contributed by atoms with E-state index in [9.17, 15) is 18.0 Å². The fourth-order valence-corrected chi connectivity index (χ4v) is 6.01. The normalized spacial score (nSPS) is 19.2. The molecular formula is C24H30N4O4S. The van der Waals surface area contributed by atoms with Gasteiger partial charge in [-0.15, -0.1) is 0 Å². The first-order valence-corrected chi connectivity index (χ1v) is 12.9. The Hall–Kier alpha value is -2.91. The smallest absolute Gasteiger partial charge is 0.272 e. The van der Waals surface area contributed by atoms with Crippen molar-refractivity contribution in [2.75, 3.05) is 18.4 Å². The lowest BCUT2D eigenvalue weighted by Gasteiger charge is -2.24. The Morgan fingerprint density at radius 2 is 1.85 bits per heavy atom. The maximum atomic E-state index is 13.2. The molecule has 2 aromatic rings. The number of hydrogen-bond donors (Lipinski definition) is 3. The van der Waals surface area contributed by atoms with Crippen LogP contribution in [0.2, 0.25) is 0 Å². The molecule has 1 aromatic carbocycles. The lowest BCUT2D eigenvalue weighted by Crippen LogP contribution is -2.44. The van der Waals surface area contributed by atoms with Gasteiger partial charge in [-0.3, -0.25) is 9.59 Å². The number of amides is 2. The average Bonchev–Trinajstić information content (AvgIpc) is 3.11. The van der Waals surface area contributed by atoms with Crippen LogP contribution < -0.4 is 10.6 Å². The van der Waals surface area contributed by atoms with E-state index in [0.29, 0.717) is 17.9 Å². The van der Waals surface area contributed by atoms with Crippen molar-refractivity contribution in [1.82, 2.24) is 14.6 Å². The lowest BCUT2D eigenvalue weighted by molar-refractivity contribution is -0.117. The molecule has 1 unspecified atom stereocenters. The van der Waals surface area contributed by atoms with Gasteiger partial charge in [-0.1, -0.05) is 13.0 Å². The van der Waals surface area contributed by atoms with E-state index in [1.54, 1.807) is 12.1 Å². The fraction of sp³-hybridized carbons (Fsp3) is 0.417. The molecule has 2 heterocycles. The van der Waals surface area contributed by atoms with E-state index in [0.717, 1.165) is 50.6 Å². The average molecular weight is 471 g/mol. The van der Waals surface area contributed by atoms with E-state index in [1.807, 2.05) is 6.07 Å². The number of nitrogens with zero attached hydrogens (tertiary/aromatic N) is 1. The second-order valence-electron chi connectivity index (χ2n) is 8.64. The number of aryl methyl sites for hydroxylation is 2. The number of benzene rings is 1. The van der Waals surface area contributed by atoms with Crippen LogP contribution in [0.25, 0.3) is 0 Å². The quantitative estimate of drug-likeness (QED) is 0.564. The molecule has 8 nitrogen and oxygen atoms in total. The molecule has 1 aliphatic heterocycles. The molecule has 1 fully saturated rings. The lowest BCUT2D eigenvalue weighted by atomic mass is 9.98. The minimum atomic E-state index is -3.72. The Morgan fingerprint density at radius 3 is 2.58 bits per heavy atom. The van der Waals surface area contributed by atoms with Crippen LogP contribution in [0, 0.1) is 0 Å². The summed E-state index contributed by atoms with van der Waals surface area (Å²) < 4.78 is 27.8. The number of carbonyl (C=O) groups is 2. The van der Waals surface area contributed by atoms with Crippen LogP contribution in [0.15, 0.2) is 47.9 Å². The molecule has 33 heavy (non-hydrogen) atoms. The van der Waals surface area contributed by atoms with Gasteiger partial charge in [0.25, 0.3) is 5.91 Å². The first-order valence-electron chi connectivity index (χ1n) is 11.4. The van der Waals surface area contributed by atoms with Crippen molar-refractivity contribution in [2.24, 2.45) is 0 Å². The molecule has 176 valence electrons. The minimum Gasteiger partial charge on any atom is -0.354 e. The van der Waals surface area contributed by atoms with Crippen molar-refractivity contribution in [3.05, 3.63) is 59.9 Å². The Morgan fingerprint density at radius 1 is 1.09 bits per heavy atom. The molecule has 2 amide bonds. The van der Waals surface area contributed by atoms with Crippen LogP contribution in [-0.4, -0.2) is 48.7 Å². The van der Waals surface area contributed by atoms with Gasteiger partial charge in [-0.25, -0.2) is 8.42 Å². The number of aromatic nitrogens is 1. The number of aromatic amines is 1. The van der Waals surface area contributed by atoms with Crippen molar-refractivity contribution >= 4 is 27.5 Å². The van der Waals surface area contributed by atoms with Gasteiger partial charge in [0.05, 0.1) is 4.90 Å². The summed E-state index contributed by atoms with van der Waals surface area (Å²) in [5.74, 6) is -0.546. The van der Waals surface area contributed by atoms with Crippen LogP contribution in [0.5, 0.6) is 0 Å². The summed E-state index contributed by atoms with van der Waals surface area (Å²) in [5, 5.41) is 5.65. The molecule has 3 N–H and O–H groups in total. The van der Waals surface area contributed by atoms with Gasteiger partial charge in [-0.05, 0) is 80.5 Å². The molecular weight excluding hydrogens is 440 g/mol. The highest BCUT2D eigenvalue weighted by Gasteiger charge is 2.29. The SMILES string of the molecule is C=CC(=O)NC1CCCCN(S(=O)(=O)c2ccc(NC(=O)c3cc4c([nH]3)CCCC4)cc2)C1. The number of sulfonamides is 1. The van der Waals surface area contributed by atoms with Gasteiger partial charge in [0.15, 0.2) is 0 Å². The Bertz CT molecular complexity index is 1110. The first kappa shape index (κ1) is 23.3. The standard InChI is InChI=1S/C24H30N4O4S/c1-2-23(29)25-19-8-5-6-14-28(16-19)33(31,32)20-12-10-18(11-13-20)26-24(30)22-15-17-7-3-4-9-21(17)27-22/h2,10-13,15,19,27H,1,3-9,14,16H2,(H,25,29)(H,26,30). The zero-order valence-corrected chi connectivity index (χ0v) is 19.4. The number of nitrogens with one attached hydrogen (secondary N) is 3. The van der Waals surface area contributed by atoms with E-state index in [1.165, 1.54) is 28.1 Å². The van der Waals surface area contributed by atoms with Gasteiger partial charge >= 0.3 is 0 Å². The Labute approximate surface area is 194 Å². The third kappa shape index (κ3) is 5.36. The number of anilines is 1. The molecule has 0 radical (unpaired) electrons. The van der Waals surface area contributed by atoms with Crippen LogP contribution in [0.3, 0.4) is 0 Å². The molecule has 0 bridgehead atoms. The number of rotatable bonds is 6. The van der Waals surface area contributed by atoms with Crippen molar-refractivity contribution in [2.45, 2.75) is 55.9 Å². The maximum absolute atomic E-state index is 13.2. The van der Waals surface area contributed by atoms with Crippen LogP contribution in [0.4, 0.5) is 5.69 Å². The molecule has 0 spiro atoms. The molecule has 1 saturated heterocycles. The fourth-order valence-electron chi connectivity index (χ4n) is 4.49. The van der Waals surface area contributed by atoms with Crippen molar-refractivity contribution in [1.29, 1.82) is 0 Å². The topological polar surface area (TPSA) is 111 Å². The van der Waals surface area contributed by atoms with Gasteiger partial charge < -0.3 is 15.6 Å². The molecule has 1 atom stereocenters. The molecule has 1 aliphatic carbocycles. The van der Waals surface area contributed by atoms with Crippen LogP contribution in [0.1, 0.15) is 53.8 Å². The highest BCUT2D eigenvalue weighted by molar-refractivity contribution is 7.89. The molecule has 2 aliphatic rings. The predicted octanol–water partition coefficient (Wildman–Crippen LogP) is 2.99. The van der Waals surface area contributed by atoms with E-state index >= 15 is 0 Å². The second kappa shape index (κ2) is 9.93. The highest BCUT2D eigenvalue weighted by atomic mass is 32.2. The van der Waals surface area contributed by atoms with E-state index in [-0.39, 0.29) is 29.3 Å². The van der Waals surface area contributed by atoms with Gasteiger partial charge in [-0.2, -0.15) is 4.31 Å². The zero-order chi connectivity index (χ0) is 23.4. The number of fused-ring (bicyclic) bond motifs is 1. The molecule has 0 saturated carbocycles. The highest BCUT2D eigenvalue weighted by Crippen LogP contribution is 2.24. The van der Waals surface area contributed by atoms with E-state index in [4.69, 9.17) is 0 Å². The molecule has 9 heteroatoms. The first-order chi connectivity index (χ1) is 15.9. The minimum absolute atomic E-state index is 0.159. The number of carbonyl (C=O) groups excluding carboxylic acids is 2. The van der Waals surface area contributed by atoms with E-state index in [2.05, 4.69) is 22.2 Å². The summed E-state index contributed by atoms with van der Waals surface area (Å²) in [7, 11) is -3.72. The van der Waals surface area contributed by atoms with Gasteiger partial charge in [0, 0.05) is 30.5 Å². The zero-order valence-electron chi connectivity index (χ0n) is 18.6. The van der Waals surface area contributed by atoms with Crippen LogP contribution in [-0.2, 0) is 27.7 Å². The molecule has 1 aromatic heterocycles. The summed E-state index contributed by atoms with van der Waals surface area (Å²) in [6.07, 6.45) is 7.69. The summed E-state index contributed by atoms with van der Waals surface area (Å²) in [5.41, 5.74) is 3.38. The molecule has 4 rings (SSSR count). The Kier molecular flexibility index (Phi) is 6.99. The van der Waals surface area contributed by atoms with Gasteiger partial charge in [0.2, 0.25) is 15.9 Å². The van der Waals surface area contributed by atoms with Crippen molar-refractivity contribution in [3.63, 3.8) is 0 Å². The largest absolute Gasteiger partial charge is 0.354 e. The summed E-state index contributed by atoms with van der Waals surface area (Å²) in [6.45, 7) is 4.08. The van der Waals surface area contributed by atoms with Gasteiger partial charge in [0.1, 0.15) is 5.69 Å². The summed E-state index contributed by atoms with van der Waals surface area (Å²) in [6, 6.07) is 7.87. The summed E-state index contributed by atoms with van der Waals surface area (Å²) in [4.78, 5) is 27.7. The number of H-pyrrole nitrogens is 1. The Balaban J connectivity index is 1.44. The van der Waals surface area contributed by atoms with E-state index < -0.39 is 10.0 Å². The third-order valence-corrected chi connectivity index (χ3v) is 8.15. The van der Waals surface area contributed by atoms with Crippen molar-refractivity contribution < 1.29 is 18.0 Å². The van der Waals surface area contributed by atoms with Crippen molar-refractivity contribution in [3.8, 4) is 0 Å². The summed E-state index contributed by atoms with van der Waals surface area (Å²) >= 11 is 0.